The number of ether oxygens (including phenoxy) is 1. The van der Waals surface area contributed by atoms with Gasteiger partial charge in [-0.25, -0.2) is 13.4 Å². The normalized spacial score (nSPS) is 18.1. The number of sulfonamides is 1. The number of piperazine rings is 1. The van der Waals surface area contributed by atoms with Crippen molar-refractivity contribution in [3.8, 4) is 5.88 Å². The molecule has 0 N–H and O–H groups in total. The third-order valence-corrected chi connectivity index (χ3v) is 5.38. The monoisotopic (exact) mass is 299 g/mol. The van der Waals surface area contributed by atoms with E-state index in [4.69, 9.17) is 4.74 Å². The molecule has 0 bridgehead atoms. The van der Waals surface area contributed by atoms with Crippen LogP contribution in [0.25, 0.3) is 0 Å². The van der Waals surface area contributed by atoms with Crippen molar-refractivity contribution in [2.45, 2.75) is 13.5 Å². The first-order chi connectivity index (χ1) is 9.55. The van der Waals surface area contributed by atoms with Crippen molar-refractivity contribution in [2.24, 2.45) is 0 Å². The molecular weight excluding hydrogens is 278 g/mol. The van der Waals surface area contributed by atoms with Crippen molar-refractivity contribution in [2.75, 3.05) is 39.0 Å². The summed E-state index contributed by atoms with van der Waals surface area (Å²) in [4.78, 5) is 6.42. The fraction of sp³-hybridized carbons (Fsp3) is 0.615. The summed E-state index contributed by atoms with van der Waals surface area (Å²) in [5, 5.41) is 0. The smallest absolute Gasteiger partial charge is 0.213 e. The van der Waals surface area contributed by atoms with Gasteiger partial charge in [-0.15, -0.1) is 0 Å². The van der Waals surface area contributed by atoms with Crippen molar-refractivity contribution in [3.63, 3.8) is 0 Å². The minimum atomic E-state index is -3.05. The molecule has 7 heteroatoms. The first kappa shape index (κ1) is 15.2. The molecular formula is C13H21N3O3S. The van der Waals surface area contributed by atoms with E-state index in [0.29, 0.717) is 19.0 Å². The molecule has 0 aliphatic carbocycles. The van der Waals surface area contributed by atoms with Gasteiger partial charge in [0.15, 0.2) is 0 Å². The Hall–Kier alpha value is -1.18. The lowest BCUT2D eigenvalue weighted by molar-refractivity contribution is 0.181. The van der Waals surface area contributed by atoms with Crippen molar-refractivity contribution < 1.29 is 13.2 Å². The molecule has 112 valence electrons. The first-order valence-corrected chi connectivity index (χ1v) is 8.35. The van der Waals surface area contributed by atoms with Crippen LogP contribution in [-0.4, -0.2) is 61.6 Å². The van der Waals surface area contributed by atoms with Gasteiger partial charge in [-0.1, -0.05) is 6.07 Å². The highest BCUT2D eigenvalue weighted by molar-refractivity contribution is 7.89. The fourth-order valence-electron chi connectivity index (χ4n) is 2.23. The van der Waals surface area contributed by atoms with Crippen molar-refractivity contribution in [1.29, 1.82) is 0 Å². The molecule has 1 aromatic heterocycles. The Labute approximate surface area is 120 Å². The van der Waals surface area contributed by atoms with Gasteiger partial charge >= 0.3 is 0 Å². The summed E-state index contributed by atoms with van der Waals surface area (Å²) in [6.45, 7) is 5.12. The topological polar surface area (TPSA) is 62.7 Å². The van der Waals surface area contributed by atoms with Crippen LogP contribution in [0.2, 0.25) is 0 Å². The van der Waals surface area contributed by atoms with Crippen LogP contribution in [-0.2, 0) is 16.6 Å². The zero-order chi connectivity index (χ0) is 14.6. The number of hydrogen-bond acceptors (Lipinski definition) is 5. The largest absolute Gasteiger partial charge is 0.481 e. The SMILES string of the molecule is CCS(=O)(=O)N1CCN(Cc2ccc(OC)nc2)CC1. The average molecular weight is 299 g/mol. The van der Waals surface area contributed by atoms with Crippen molar-refractivity contribution in [1.82, 2.24) is 14.2 Å². The Morgan fingerprint density at radius 1 is 1.25 bits per heavy atom. The van der Waals surface area contributed by atoms with Crippen LogP contribution in [0, 0.1) is 0 Å². The predicted molar refractivity (Wildman–Crippen MR) is 77.1 cm³/mol. The molecule has 2 heterocycles. The highest BCUT2D eigenvalue weighted by Crippen LogP contribution is 2.13. The maximum atomic E-state index is 11.8. The lowest BCUT2D eigenvalue weighted by Crippen LogP contribution is -2.48. The summed E-state index contributed by atoms with van der Waals surface area (Å²) in [5.74, 6) is 0.780. The summed E-state index contributed by atoms with van der Waals surface area (Å²) < 4.78 is 30.2. The summed E-state index contributed by atoms with van der Waals surface area (Å²) in [5.41, 5.74) is 1.11. The molecule has 1 aliphatic heterocycles. The van der Waals surface area contributed by atoms with E-state index in [2.05, 4.69) is 9.88 Å². The summed E-state index contributed by atoms with van der Waals surface area (Å²) in [6, 6.07) is 3.83. The van der Waals surface area contributed by atoms with E-state index in [1.54, 1.807) is 24.5 Å². The standard InChI is InChI=1S/C13H21N3O3S/c1-3-20(17,18)16-8-6-15(7-9-16)11-12-4-5-13(19-2)14-10-12/h4-5,10H,3,6-9,11H2,1-2H3. The number of methoxy groups -OCH3 is 1. The molecule has 1 fully saturated rings. The molecule has 0 aromatic carbocycles. The number of aromatic nitrogens is 1. The Balaban J connectivity index is 1.88. The summed E-state index contributed by atoms with van der Waals surface area (Å²) >= 11 is 0. The molecule has 0 amide bonds. The Kier molecular flexibility index (Phi) is 4.95. The minimum Gasteiger partial charge on any atom is -0.481 e. The van der Waals surface area contributed by atoms with Gasteiger partial charge in [-0.3, -0.25) is 4.90 Å². The van der Waals surface area contributed by atoms with Crippen LogP contribution in [0.1, 0.15) is 12.5 Å². The van der Waals surface area contributed by atoms with E-state index in [1.165, 1.54) is 0 Å². The third-order valence-electron chi connectivity index (χ3n) is 3.50. The Bertz CT molecular complexity index is 522. The van der Waals surface area contributed by atoms with Gasteiger partial charge in [-0.2, -0.15) is 4.31 Å². The van der Waals surface area contributed by atoms with Crippen LogP contribution in [0.3, 0.4) is 0 Å². The fourth-order valence-corrected chi connectivity index (χ4v) is 3.32. The van der Waals surface area contributed by atoms with E-state index >= 15 is 0 Å². The lowest BCUT2D eigenvalue weighted by Gasteiger charge is -2.33. The molecule has 1 aliphatic rings. The van der Waals surface area contributed by atoms with E-state index < -0.39 is 10.0 Å². The summed E-state index contributed by atoms with van der Waals surface area (Å²) in [7, 11) is -1.46. The van der Waals surface area contributed by atoms with Gasteiger partial charge in [-0.05, 0) is 12.5 Å². The van der Waals surface area contributed by atoms with Gasteiger partial charge < -0.3 is 4.74 Å². The van der Waals surface area contributed by atoms with Crippen LogP contribution in [0.4, 0.5) is 0 Å². The molecule has 20 heavy (non-hydrogen) atoms. The van der Waals surface area contributed by atoms with Crippen LogP contribution >= 0.6 is 0 Å². The second kappa shape index (κ2) is 6.51. The molecule has 0 spiro atoms. The molecule has 6 nitrogen and oxygen atoms in total. The third kappa shape index (κ3) is 3.68. The zero-order valence-corrected chi connectivity index (χ0v) is 12.8. The molecule has 2 rings (SSSR count). The second-order valence-corrected chi connectivity index (χ2v) is 7.04. The lowest BCUT2D eigenvalue weighted by atomic mass is 10.2. The van der Waals surface area contributed by atoms with E-state index in [1.807, 2.05) is 12.1 Å². The maximum absolute atomic E-state index is 11.8. The van der Waals surface area contributed by atoms with Crippen LogP contribution in [0.5, 0.6) is 5.88 Å². The number of pyridine rings is 1. The second-order valence-electron chi connectivity index (χ2n) is 4.78. The number of hydrogen-bond donors (Lipinski definition) is 0. The van der Waals surface area contributed by atoms with E-state index in [-0.39, 0.29) is 5.75 Å². The first-order valence-electron chi connectivity index (χ1n) is 6.74. The van der Waals surface area contributed by atoms with Crippen LogP contribution in [0.15, 0.2) is 18.3 Å². The minimum absolute atomic E-state index is 0.176. The summed E-state index contributed by atoms with van der Waals surface area (Å²) in [6.07, 6.45) is 1.80. The van der Waals surface area contributed by atoms with Gasteiger partial charge in [0.25, 0.3) is 0 Å². The average Bonchev–Trinajstić information content (AvgIpc) is 2.48. The van der Waals surface area contributed by atoms with Gasteiger partial charge in [0.05, 0.1) is 12.9 Å². The molecule has 1 aromatic rings. The van der Waals surface area contributed by atoms with Gasteiger partial charge in [0, 0.05) is 45.0 Å². The zero-order valence-electron chi connectivity index (χ0n) is 11.9. The molecule has 0 unspecified atom stereocenters. The van der Waals surface area contributed by atoms with Gasteiger partial charge in [0.2, 0.25) is 15.9 Å². The van der Waals surface area contributed by atoms with E-state index in [0.717, 1.165) is 25.2 Å². The molecule has 0 atom stereocenters. The predicted octanol–water partition coefficient (Wildman–Crippen LogP) is 0.557. The number of rotatable bonds is 5. The Morgan fingerprint density at radius 3 is 2.45 bits per heavy atom. The molecule has 1 saturated heterocycles. The maximum Gasteiger partial charge on any atom is 0.213 e. The molecule has 0 saturated carbocycles. The highest BCUT2D eigenvalue weighted by Gasteiger charge is 2.25. The Morgan fingerprint density at radius 2 is 1.95 bits per heavy atom. The van der Waals surface area contributed by atoms with Crippen molar-refractivity contribution >= 4 is 10.0 Å². The highest BCUT2D eigenvalue weighted by atomic mass is 32.2. The van der Waals surface area contributed by atoms with Crippen LogP contribution < -0.4 is 4.74 Å². The quantitative estimate of drug-likeness (QED) is 0.795. The van der Waals surface area contributed by atoms with Crippen molar-refractivity contribution in [3.05, 3.63) is 23.9 Å². The van der Waals surface area contributed by atoms with Gasteiger partial charge in [0.1, 0.15) is 0 Å². The molecule has 0 radical (unpaired) electrons. The van der Waals surface area contributed by atoms with E-state index in [9.17, 15) is 8.42 Å². The number of nitrogens with zero attached hydrogens (tertiary/aromatic N) is 3.